The van der Waals surface area contributed by atoms with Gasteiger partial charge in [0.2, 0.25) is 0 Å². The third kappa shape index (κ3) is 3.27. The number of carbonyl (C=O) groups is 2. The van der Waals surface area contributed by atoms with Gasteiger partial charge in [-0.1, -0.05) is 0 Å². The van der Waals surface area contributed by atoms with Gasteiger partial charge in [-0.05, 0) is 31.5 Å². The Morgan fingerprint density at radius 1 is 1.37 bits per heavy atom. The van der Waals surface area contributed by atoms with Gasteiger partial charge in [-0.2, -0.15) is 0 Å². The number of alkyl halides is 1. The molecule has 0 spiro atoms. The van der Waals surface area contributed by atoms with E-state index in [4.69, 9.17) is 4.74 Å². The van der Waals surface area contributed by atoms with Crippen molar-refractivity contribution in [2.24, 2.45) is 0 Å². The SMILES string of the molecule is CCOC(=O)C(=O)c1cc(C(C)F)cc(F)c1OC. The van der Waals surface area contributed by atoms with E-state index in [9.17, 15) is 18.4 Å². The summed E-state index contributed by atoms with van der Waals surface area (Å²) in [7, 11) is 1.15. The topological polar surface area (TPSA) is 52.6 Å². The standard InChI is InChI=1S/C13H14F2O4/c1-4-19-13(17)11(16)9-5-8(7(2)14)6-10(15)12(9)18-3/h5-7H,4H2,1-3H3. The van der Waals surface area contributed by atoms with E-state index >= 15 is 0 Å². The summed E-state index contributed by atoms with van der Waals surface area (Å²) in [5.74, 6) is -3.51. The highest BCUT2D eigenvalue weighted by molar-refractivity contribution is 6.41. The number of ether oxygens (including phenoxy) is 2. The molecule has 104 valence electrons. The zero-order valence-electron chi connectivity index (χ0n) is 10.8. The quantitative estimate of drug-likeness (QED) is 0.469. The van der Waals surface area contributed by atoms with Crippen LogP contribution in [0, 0.1) is 5.82 Å². The molecule has 0 amide bonds. The van der Waals surface area contributed by atoms with Gasteiger partial charge in [0.25, 0.3) is 5.78 Å². The van der Waals surface area contributed by atoms with Crippen LogP contribution in [0.25, 0.3) is 0 Å². The maximum Gasteiger partial charge on any atom is 0.379 e. The maximum atomic E-state index is 13.7. The molecule has 6 heteroatoms. The summed E-state index contributed by atoms with van der Waals surface area (Å²) in [5, 5.41) is 0. The molecule has 1 unspecified atom stereocenters. The number of ketones is 1. The van der Waals surface area contributed by atoms with E-state index in [2.05, 4.69) is 4.74 Å². The molecule has 1 aromatic carbocycles. The normalized spacial score (nSPS) is 11.8. The van der Waals surface area contributed by atoms with E-state index in [0.29, 0.717) is 0 Å². The molecule has 1 rings (SSSR count). The van der Waals surface area contributed by atoms with Crippen LogP contribution in [-0.4, -0.2) is 25.5 Å². The summed E-state index contributed by atoms with van der Waals surface area (Å²) >= 11 is 0. The van der Waals surface area contributed by atoms with Crippen LogP contribution in [-0.2, 0) is 9.53 Å². The lowest BCUT2D eigenvalue weighted by Crippen LogP contribution is -2.19. The summed E-state index contributed by atoms with van der Waals surface area (Å²) in [6, 6.07) is 2.01. The first-order valence-corrected chi connectivity index (χ1v) is 5.65. The van der Waals surface area contributed by atoms with Gasteiger partial charge >= 0.3 is 5.97 Å². The Balaban J connectivity index is 3.31. The molecule has 0 heterocycles. The van der Waals surface area contributed by atoms with Gasteiger partial charge in [-0.15, -0.1) is 0 Å². The van der Waals surface area contributed by atoms with Crippen molar-refractivity contribution in [3.8, 4) is 5.75 Å². The Hall–Kier alpha value is -1.98. The molecular weight excluding hydrogens is 258 g/mol. The second-order valence-corrected chi connectivity index (χ2v) is 3.75. The van der Waals surface area contributed by atoms with Crippen LogP contribution in [0.1, 0.15) is 35.9 Å². The summed E-state index contributed by atoms with van der Waals surface area (Å²) in [5.41, 5.74) is -0.397. The molecule has 0 bridgehead atoms. The number of rotatable bonds is 5. The van der Waals surface area contributed by atoms with Crippen molar-refractivity contribution < 1.29 is 27.8 Å². The lowest BCUT2D eigenvalue weighted by Gasteiger charge is -2.11. The minimum atomic E-state index is -1.48. The van der Waals surface area contributed by atoms with Gasteiger partial charge in [-0.3, -0.25) is 4.79 Å². The van der Waals surface area contributed by atoms with Gasteiger partial charge in [-0.25, -0.2) is 13.6 Å². The van der Waals surface area contributed by atoms with Crippen molar-refractivity contribution >= 4 is 11.8 Å². The molecule has 1 aromatic rings. The van der Waals surface area contributed by atoms with Crippen molar-refractivity contribution in [2.45, 2.75) is 20.0 Å². The highest BCUT2D eigenvalue weighted by Crippen LogP contribution is 2.29. The minimum Gasteiger partial charge on any atom is -0.493 e. The predicted molar refractivity (Wildman–Crippen MR) is 63.4 cm³/mol. The highest BCUT2D eigenvalue weighted by atomic mass is 19.1. The Kier molecular flexibility index (Phi) is 4.97. The Morgan fingerprint density at radius 2 is 2.00 bits per heavy atom. The summed E-state index contributed by atoms with van der Waals surface area (Å²) in [6.45, 7) is 2.73. The van der Waals surface area contributed by atoms with Gasteiger partial charge in [0.15, 0.2) is 11.6 Å². The van der Waals surface area contributed by atoms with Gasteiger partial charge in [0.1, 0.15) is 6.17 Å². The van der Waals surface area contributed by atoms with Crippen molar-refractivity contribution in [3.63, 3.8) is 0 Å². The van der Waals surface area contributed by atoms with Crippen molar-refractivity contribution in [2.75, 3.05) is 13.7 Å². The third-order valence-electron chi connectivity index (χ3n) is 2.43. The van der Waals surface area contributed by atoms with Crippen LogP contribution < -0.4 is 4.74 Å². The fraction of sp³-hybridized carbons (Fsp3) is 0.385. The number of methoxy groups -OCH3 is 1. The Bertz CT molecular complexity index is 498. The molecule has 0 aliphatic carbocycles. The lowest BCUT2D eigenvalue weighted by molar-refractivity contribution is -0.137. The zero-order chi connectivity index (χ0) is 14.6. The van der Waals surface area contributed by atoms with E-state index in [0.717, 1.165) is 19.2 Å². The van der Waals surface area contributed by atoms with Gasteiger partial charge in [0.05, 0.1) is 19.3 Å². The largest absolute Gasteiger partial charge is 0.493 e. The van der Waals surface area contributed by atoms with E-state index in [1.54, 1.807) is 0 Å². The van der Waals surface area contributed by atoms with Gasteiger partial charge < -0.3 is 9.47 Å². The average Bonchev–Trinajstić information content (AvgIpc) is 2.36. The molecule has 19 heavy (non-hydrogen) atoms. The van der Waals surface area contributed by atoms with Crippen LogP contribution in [0.15, 0.2) is 12.1 Å². The molecule has 0 aliphatic rings. The number of Topliss-reactive ketones (excluding diaryl/α,β-unsaturated/α-hetero) is 1. The second-order valence-electron chi connectivity index (χ2n) is 3.75. The second kappa shape index (κ2) is 6.26. The Morgan fingerprint density at radius 3 is 2.47 bits per heavy atom. The number of carbonyl (C=O) groups excluding carboxylic acids is 2. The summed E-state index contributed by atoms with van der Waals surface area (Å²) in [6.07, 6.45) is -1.48. The number of hydrogen-bond donors (Lipinski definition) is 0. The lowest BCUT2D eigenvalue weighted by atomic mass is 10.0. The van der Waals surface area contributed by atoms with Crippen LogP contribution in [0.3, 0.4) is 0 Å². The fourth-order valence-corrected chi connectivity index (χ4v) is 1.53. The van der Waals surface area contributed by atoms with Gasteiger partial charge in [0, 0.05) is 0 Å². The zero-order valence-corrected chi connectivity index (χ0v) is 10.8. The average molecular weight is 272 g/mol. The van der Waals surface area contributed by atoms with Crippen LogP contribution in [0.4, 0.5) is 8.78 Å². The molecular formula is C13H14F2O4. The maximum absolute atomic E-state index is 13.7. The molecule has 0 aliphatic heterocycles. The molecule has 0 saturated carbocycles. The number of halogens is 2. The first kappa shape index (κ1) is 15.1. The molecule has 0 aromatic heterocycles. The highest BCUT2D eigenvalue weighted by Gasteiger charge is 2.25. The molecule has 1 atom stereocenters. The first-order chi connectivity index (χ1) is 8.92. The Labute approximate surface area is 109 Å². The minimum absolute atomic E-state index is 0.00851. The monoisotopic (exact) mass is 272 g/mol. The fourth-order valence-electron chi connectivity index (χ4n) is 1.53. The molecule has 0 fully saturated rings. The smallest absolute Gasteiger partial charge is 0.379 e. The predicted octanol–water partition coefficient (Wildman–Crippen LogP) is 2.61. The molecule has 0 radical (unpaired) electrons. The molecule has 0 saturated heterocycles. The number of benzene rings is 1. The van der Waals surface area contributed by atoms with Crippen molar-refractivity contribution in [3.05, 3.63) is 29.1 Å². The van der Waals surface area contributed by atoms with E-state index in [1.165, 1.54) is 13.8 Å². The molecule has 4 nitrogen and oxygen atoms in total. The van der Waals surface area contributed by atoms with Crippen molar-refractivity contribution in [1.29, 1.82) is 0 Å². The number of hydrogen-bond acceptors (Lipinski definition) is 4. The first-order valence-electron chi connectivity index (χ1n) is 5.65. The van der Waals surface area contributed by atoms with E-state index in [1.807, 2.05) is 0 Å². The van der Waals surface area contributed by atoms with Crippen LogP contribution in [0.5, 0.6) is 5.75 Å². The summed E-state index contributed by atoms with van der Waals surface area (Å²) < 4.78 is 36.2. The number of esters is 1. The summed E-state index contributed by atoms with van der Waals surface area (Å²) in [4.78, 5) is 23.2. The third-order valence-corrected chi connectivity index (χ3v) is 2.43. The van der Waals surface area contributed by atoms with Crippen LogP contribution in [0.2, 0.25) is 0 Å². The van der Waals surface area contributed by atoms with Crippen molar-refractivity contribution in [1.82, 2.24) is 0 Å². The molecule has 0 N–H and O–H groups in total. The van der Waals surface area contributed by atoms with Crippen LogP contribution >= 0.6 is 0 Å². The van der Waals surface area contributed by atoms with E-state index < -0.39 is 29.5 Å². The van der Waals surface area contributed by atoms with E-state index in [-0.39, 0.29) is 17.7 Å².